The molecule has 3 N–H and O–H groups in total. The van der Waals surface area contributed by atoms with E-state index in [2.05, 4.69) is 10.6 Å². The van der Waals surface area contributed by atoms with Crippen LogP contribution in [-0.4, -0.2) is 23.8 Å². The van der Waals surface area contributed by atoms with Gasteiger partial charge < -0.3 is 15.7 Å². The van der Waals surface area contributed by atoms with Crippen molar-refractivity contribution in [2.24, 2.45) is 0 Å². The van der Waals surface area contributed by atoms with Gasteiger partial charge in [-0.3, -0.25) is 0 Å². The van der Waals surface area contributed by atoms with Gasteiger partial charge in [0.2, 0.25) is 0 Å². The molecule has 1 atom stereocenters. The van der Waals surface area contributed by atoms with Crippen LogP contribution < -0.4 is 10.6 Å². The van der Waals surface area contributed by atoms with Crippen molar-refractivity contribution in [2.75, 3.05) is 11.9 Å². The minimum Gasteiger partial charge on any atom is -0.391 e. The average Bonchev–Trinajstić information content (AvgIpc) is 2.34. The van der Waals surface area contributed by atoms with Crippen LogP contribution in [0.15, 0.2) is 12.1 Å². The predicted molar refractivity (Wildman–Crippen MR) is 64.3 cm³/mol. The van der Waals surface area contributed by atoms with Crippen LogP contribution in [0, 0.1) is 17.5 Å². The highest BCUT2D eigenvalue weighted by molar-refractivity contribution is 5.89. The highest BCUT2D eigenvalue weighted by Gasteiger charge is 2.12. The van der Waals surface area contributed by atoms with Crippen molar-refractivity contribution in [1.82, 2.24) is 5.32 Å². The first-order chi connectivity index (χ1) is 8.93. The van der Waals surface area contributed by atoms with Gasteiger partial charge in [-0.15, -0.1) is 0 Å². The maximum Gasteiger partial charge on any atom is 0.319 e. The molecule has 0 fully saturated rings. The summed E-state index contributed by atoms with van der Waals surface area (Å²) in [6.45, 7) is 1.90. The third-order valence-corrected chi connectivity index (χ3v) is 2.36. The number of carbonyl (C=O) groups is 1. The van der Waals surface area contributed by atoms with Crippen molar-refractivity contribution in [3.63, 3.8) is 0 Å². The zero-order chi connectivity index (χ0) is 14.4. The summed E-state index contributed by atoms with van der Waals surface area (Å²) in [5.41, 5.74) is -0.209. The average molecular weight is 276 g/mol. The van der Waals surface area contributed by atoms with E-state index in [1.165, 1.54) is 0 Å². The molecule has 1 aromatic carbocycles. The van der Waals surface area contributed by atoms with Gasteiger partial charge in [0.25, 0.3) is 0 Å². The lowest BCUT2D eigenvalue weighted by Gasteiger charge is -2.11. The lowest BCUT2D eigenvalue weighted by molar-refractivity contribution is 0.162. The number of hydrogen-bond donors (Lipinski definition) is 3. The third-order valence-electron chi connectivity index (χ3n) is 2.36. The molecule has 2 amide bonds. The van der Waals surface area contributed by atoms with E-state index in [0.717, 1.165) is 6.42 Å². The Morgan fingerprint density at radius 2 is 1.89 bits per heavy atom. The zero-order valence-corrected chi connectivity index (χ0v) is 10.3. The summed E-state index contributed by atoms with van der Waals surface area (Å²) in [5, 5.41) is 13.8. The van der Waals surface area contributed by atoms with Crippen LogP contribution in [-0.2, 0) is 0 Å². The second kappa shape index (κ2) is 6.98. The molecule has 1 rings (SSSR count). The van der Waals surface area contributed by atoms with Crippen molar-refractivity contribution in [3.05, 3.63) is 29.6 Å². The lowest BCUT2D eigenvalue weighted by Crippen LogP contribution is -2.35. The fourth-order valence-electron chi connectivity index (χ4n) is 1.45. The molecule has 0 radical (unpaired) electrons. The molecular weight excluding hydrogens is 261 g/mol. The molecule has 0 aliphatic heterocycles. The van der Waals surface area contributed by atoms with E-state index >= 15 is 0 Å². The number of benzene rings is 1. The second-order valence-electron chi connectivity index (χ2n) is 4.03. The minimum absolute atomic E-state index is 0.0197. The van der Waals surface area contributed by atoms with E-state index in [-0.39, 0.29) is 12.2 Å². The Morgan fingerprint density at radius 1 is 1.32 bits per heavy atom. The van der Waals surface area contributed by atoms with Crippen LogP contribution in [0.2, 0.25) is 0 Å². The summed E-state index contributed by atoms with van der Waals surface area (Å²) in [6.07, 6.45) is 0.608. The number of anilines is 1. The molecule has 4 nitrogen and oxygen atoms in total. The van der Waals surface area contributed by atoms with E-state index in [0.29, 0.717) is 18.6 Å². The van der Waals surface area contributed by atoms with Gasteiger partial charge in [-0.05, 0) is 6.42 Å². The molecule has 1 aromatic rings. The van der Waals surface area contributed by atoms with Crippen LogP contribution in [0.5, 0.6) is 0 Å². The number of urea groups is 1. The summed E-state index contributed by atoms with van der Waals surface area (Å²) < 4.78 is 38.4. The van der Waals surface area contributed by atoms with Gasteiger partial charge in [-0.25, -0.2) is 18.0 Å². The summed E-state index contributed by atoms with van der Waals surface area (Å²) in [4.78, 5) is 11.4. The summed E-state index contributed by atoms with van der Waals surface area (Å²) in [5.74, 6) is -4.37. The van der Waals surface area contributed by atoms with Crippen molar-refractivity contribution in [2.45, 2.75) is 25.9 Å². The molecule has 106 valence electrons. The molecule has 19 heavy (non-hydrogen) atoms. The first-order valence-corrected chi connectivity index (χ1v) is 5.81. The van der Waals surface area contributed by atoms with Crippen molar-refractivity contribution in [3.8, 4) is 0 Å². The van der Waals surface area contributed by atoms with Crippen LogP contribution >= 0.6 is 0 Å². The fraction of sp³-hybridized carbons (Fsp3) is 0.417. The molecule has 0 aromatic heterocycles. The van der Waals surface area contributed by atoms with Crippen LogP contribution in [0.25, 0.3) is 0 Å². The van der Waals surface area contributed by atoms with Crippen LogP contribution in [0.3, 0.4) is 0 Å². The number of rotatable bonds is 5. The first kappa shape index (κ1) is 15.3. The Bertz CT molecular complexity index is 432. The van der Waals surface area contributed by atoms with Gasteiger partial charge in [-0.1, -0.05) is 13.3 Å². The number of nitrogens with one attached hydrogen (secondary N) is 2. The largest absolute Gasteiger partial charge is 0.391 e. The molecule has 0 saturated heterocycles. The lowest BCUT2D eigenvalue weighted by atomic mass is 10.2. The topological polar surface area (TPSA) is 61.4 Å². The van der Waals surface area contributed by atoms with E-state index in [1.807, 2.05) is 6.92 Å². The van der Waals surface area contributed by atoms with Crippen LogP contribution in [0.4, 0.5) is 23.7 Å². The Balaban J connectivity index is 2.53. The zero-order valence-electron chi connectivity index (χ0n) is 10.3. The quantitative estimate of drug-likeness (QED) is 0.723. The van der Waals surface area contributed by atoms with Crippen molar-refractivity contribution < 1.29 is 23.1 Å². The highest BCUT2D eigenvalue weighted by Crippen LogP contribution is 2.17. The number of amides is 2. The SMILES string of the molecule is CCCC(O)CNC(=O)Nc1cc(F)c(F)c(F)c1. The van der Waals surface area contributed by atoms with Gasteiger partial charge in [0.1, 0.15) is 0 Å². The minimum atomic E-state index is -1.59. The van der Waals surface area contributed by atoms with Gasteiger partial charge in [-0.2, -0.15) is 0 Å². The summed E-state index contributed by atoms with van der Waals surface area (Å²) in [7, 11) is 0. The van der Waals surface area contributed by atoms with Gasteiger partial charge in [0.05, 0.1) is 6.10 Å². The molecular formula is C12H15F3N2O2. The number of aliphatic hydroxyl groups excluding tert-OH is 1. The molecule has 0 aliphatic carbocycles. The Hall–Kier alpha value is -1.76. The van der Waals surface area contributed by atoms with Crippen LogP contribution in [0.1, 0.15) is 19.8 Å². The third kappa shape index (κ3) is 4.78. The monoisotopic (exact) mass is 276 g/mol. The normalized spacial score (nSPS) is 12.1. The molecule has 0 bridgehead atoms. The standard InChI is InChI=1S/C12H15F3N2O2/c1-2-3-8(18)6-16-12(19)17-7-4-9(13)11(15)10(14)5-7/h4-5,8,18H,2-3,6H2,1H3,(H2,16,17,19). The van der Waals surface area contributed by atoms with E-state index < -0.39 is 29.6 Å². The Kier molecular flexibility index (Phi) is 5.62. The summed E-state index contributed by atoms with van der Waals surface area (Å²) >= 11 is 0. The molecule has 0 spiro atoms. The molecule has 1 unspecified atom stereocenters. The summed E-state index contributed by atoms with van der Waals surface area (Å²) in [6, 6.07) is 0.599. The predicted octanol–water partition coefficient (Wildman–Crippen LogP) is 2.39. The molecule has 0 heterocycles. The van der Waals surface area contributed by atoms with Crippen molar-refractivity contribution >= 4 is 11.7 Å². The van der Waals surface area contributed by atoms with E-state index in [9.17, 15) is 23.1 Å². The smallest absolute Gasteiger partial charge is 0.319 e. The Morgan fingerprint density at radius 3 is 2.42 bits per heavy atom. The van der Waals surface area contributed by atoms with Gasteiger partial charge in [0, 0.05) is 24.4 Å². The highest BCUT2D eigenvalue weighted by atomic mass is 19.2. The number of aliphatic hydroxyl groups is 1. The molecule has 0 aliphatic rings. The second-order valence-corrected chi connectivity index (χ2v) is 4.03. The van der Waals surface area contributed by atoms with Gasteiger partial charge in [0.15, 0.2) is 17.5 Å². The molecule has 0 saturated carbocycles. The maximum absolute atomic E-state index is 12.9. The number of hydrogen-bond acceptors (Lipinski definition) is 2. The molecule has 7 heteroatoms. The van der Waals surface area contributed by atoms with Crippen molar-refractivity contribution in [1.29, 1.82) is 0 Å². The number of carbonyl (C=O) groups excluding carboxylic acids is 1. The van der Waals surface area contributed by atoms with Gasteiger partial charge >= 0.3 is 6.03 Å². The fourth-order valence-corrected chi connectivity index (χ4v) is 1.45. The van der Waals surface area contributed by atoms with E-state index in [4.69, 9.17) is 0 Å². The number of halogens is 3. The maximum atomic E-state index is 12.9. The first-order valence-electron chi connectivity index (χ1n) is 5.81. The van der Waals surface area contributed by atoms with E-state index in [1.54, 1.807) is 0 Å². The Labute approximate surface area is 108 Å².